The van der Waals surface area contributed by atoms with Crippen molar-refractivity contribution in [1.82, 2.24) is 9.78 Å². The van der Waals surface area contributed by atoms with Gasteiger partial charge in [0, 0.05) is 16.6 Å². The van der Waals surface area contributed by atoms with Crippen molar-refractivity contribution in [2.75, 3.05) is 0 Å². The van der Waals surface area contributed by atoms with Crippen molar-refractivity contribution in [3.05, 3.63) is 46.7 Å². The summed E-state index contributed by atoms with van der Waals surface area (Å²) in [6.07, 6.45) is 3.15. The largest absolute Gasteiger partial charge is 0.296 e. The molecule has 0 aliphatic heterocycles. The van der Waals surface area contributed by atoms with Crippen LogP contribution >= 0.6 is 11.6 Å². The summed E-state index contributed by atoms with van der Waals surface area (Å²) in [6, 6.07) is 9.36. The first-order chi connectivity index (χ1) is 8.28. The van der Waals surface area contributed by atoms with Crippen molar-refractivity contribution in [2.45, 2.75) is 18.8 Å². The molecule has 2 aromatic rings. The zero-order chi connectivity index (χ0) is 11.8. The van der Waals surface area contributed by atoms with Crippen LogP contribution in [0.1, 0.15) is 34.9 Å². The second kappa shape index (κ2) is 4.00. The molecule has 0 N–H and O–H groups in total. The van der Waals surface area contributed by atoms with E-state index in [4.69, 9.17) is 11.6 Å². The van der Waals surface area contributed by atoms with Gasteiger partial charge in [-0.1, -0.05) is 11.6 Å². The smallest absolute Gasteiger partial charge is 0.170 e. The van der Waals surface area contributed by atoms with Crippen molar-refractivity contribution in [3.63, 3.8) is 0 Å². The summed E-state index contributed by atoms with van der Waals surface area (Å²) in [6.45, 7) is 0. The van der Waals surface area contributed by atoms with E-state index in [9.17, 15) is 4.79 Å². The average Bonchev–Trinajstić information content (AvgIpc) is 3.10. The minimum atomic E-state index is 0.488. The van der Waals surface area contributed by atoms with E-state index in [0.29, 0.717) is 16.6 Å². The highest BCUT2D eigenvalue weighted by molar-refractivity contribution is 6.30. The molecule has 1 aromatic heterocycles. The van der Waals surface area contributed by atoms with Crippen molar-refractivity contribution >= 4 is 17.9 Å². The van der Waals surface area contributed by atoms with Gasteiger partial charge in [-0.3, -0.25) is 4.79 Å². The molecule has 1 aliphatic carbocycles. The number of carbonyl (C=O) groups excluding carboxylic acids is 1. The Morgan fingerprint density at radius 1 is 1.29 bits per heavy atom. The summed E-state index contributed by atoms with van der Waals surface area (Å²) in [7, 11) is 0. The molecule has 1 fully saturated rings. The zero-order valence-electron chi connectivity index (χ0n) is 9.14. The molecule has 1 aliphatic rings. The van der Waals surface area contributed by atoms with Gasteiger partial charge in [0.25, 0.3) is 0 Å². The summed E-state index contributed by atoms with van der Waals surface area (Å²) in [5, 5.41) is 4.99. The predicted molar refractivity (Wildman–Crippen MR) is 65.9 cm³/mol. The summed E-state index contributed by atoms with van der Waals surface area (Å²) < 4.78 is 1.84. The third kappa shape index (κ3) is 1.98. The zero-order valence-corrected chi connectivity index (χ0v) is 9.89. The topological polar surface area (TPSA) is 34.9 Å². The normalized spacial score (nSPS) is 14.9. The molecule has 0 amide bonds. The molecule has 0 atom stereocenters. The Morgan fingerprint density at radius 3 is 2.59 bits per heavy atom. The molecule has 0 unspecified atom stereocenters. The Balaban J connectivity index is 2.08. The molecule has 0 bridgehead atoms. The lowest BCUT2D eigenvalue weighted by Crippen LogP contribution is -2.01. The molecule has 0 radical (unpaired) electrons. The van der Waals surface area contributed by atoms with E-state index < -0.39 is 0 Å². The molecule has 4 heteroatoms. The molecule has 0 spiro atoms. The lowest BCUT2D eigenvalue weighted by atomic mass is 10.2. The first-order valence-corrected chi connectivity index (χ1v) is 5.97. The van der Waals surface area contributed by atoms with Crippen molar-refractivity contribution in [1.29, 1.82) is 0 Å². The molecular weight excluding hydrogens is 236 g/mol. The number of benzene rings is 1. The fourth-order valence-electron chi connectivity index (χ4n) is 1.93. The van der Waals surface area contributed by atoms with E-state index in [1.54, 1.807) is 0 Å². The van der Waals surface area contributed by atoms with Gasteiger partial charge in [-0.05, 0) is 43.2 Å². The van der Waals surface area contributed by atoms with E-state index in [2.05, 4.69) is 5.10 Å². The van der Waals surface area contributed by atoms with Crippen LogP contribution in [0.4, 0.5) is 0 Å². The highest BCUT2D eigenvalue weighted by Crippen LogP contribution is 2.41. The molecule has 86 valence electrons. The van der Waals surface area contributed by atoms with Crippen LogP contribution in [0.3, 0.4) is 0 Å². The van der Waals surface area contributed by atoms with Crippen LogP contribution < -0.4 is 0 Å². The summed E-state index contributed by atoms with van der Waals surface area (Å²) in [5.74, 6) is 0.548. The van der Waals surface area contributed by atoms with Gasteiger partial charge in [0.15, 0.2) is 6.29 Å². The maximum Gasteiger partial charge on any atom is 0.170 e. The number of nitrogens with zero attached hydrogens (tertiary/aromatic N) is 2. The van der Waals surface area contributed by atoms with E-state index in [1.807, 2.05) is 35.0 Å². The second-order valence-electron chi connectivity index (χ2n) is 4.27. The Labute approximate surface area is 104 Å². The van der Waals surface area contributed by atoms with Gasteiger partial charge in [-0.2, -0.15) is 5.10 Å². The minimum absolute atomic E-state index is 0.488. The van der Waals surface area contributed by atoms with Crippen molar-refractivity contribution in [3.8, 4) is 5.69 Å². The van der Waals surface area contributed by atoms with Crippen LogP contribution in [0, 0.1) is 0 Å². The molecule has 1 aromatic carbocycles. The van der Waals surface area contributed by atoms with Crippen molar-refractivity contribution in [2.24, 2.45) is 0 Å². The molecule has 1 heterocycles. The molecule has 3 rings (SSSR count). The van der Waals surface area contributed by atoms with E-state index in [0.717, 1.165) is 17.7 Å². The third-order valence-electron chi connectivity index (χ3n) is 2.94. The quantitative estimate of drug-likeness (QED) is 0.780. The van der Waals surface area contributed by atoms with Crippen LogP contribution in [0.5, 0.6) is 0 Å². The minimum Gasteiger partial charge on any atom is -0.296 e. The van der Waals surface area contributed by atoms with E-state index in [-0.39, 0.29) is 0 Å². The van der Waals surface area contributed by atoms with Gasteiger partial charge < -0.3 is 0 Å². The lowest BCUT2D eigenvalue weighted by Gasteiger charge is -2.06. The summed E-state index contributed by atoms with van der Waals surface area (Å²) >= 11 is 5.86. The molecule has 1 saturated carbocycles. The number of rotatable bonds is 3. The number of aromatic nitrogens is 2. The van der Waals surface area contributed by atoms with Crippen LogP contribution in [-0.4, -0.2) is 16.1 Å². The highest BCUT2D eigenvalue weighted by atomic mass is 35.5. The standard InChI is InChI=1S/C13H11ClN2O/c14-10-3-5-12(6-4-10)16-13(9-1-2-9)7-11(8-17)15-16/h3-9H,1-2H2. The van der Waals surface area contributed by atoms with Gasteiger partial charge in [-0.25, -0.2) is 4.68 Å². The Hall–Kier alpha value is -1.61. The van der Waals surface area contributed by atoms with E-state index in [1.165, 1.54) is 12.8 Å². The van der Waals surface area contributed by atoms with Crippen LogP contribution in [-0.2, 0) is 0 Å². The van der Waals surface area contributed by atoms with Gasteiger partial charge in [0.2, 0.25) is 0 Å². The number of halogens is 1. The third-order valence-corrected chi connectivity index (χ3v) is 3.20. The first kappa shape index (κ1) is 10.5. The van der Waals surface area contributed by atoms with Gasteiger partial charge in [0.1, 0.15) is 5.69 Å². The Morgan fingerprint density at radius 2 is 2.00 bits per heavy atom. The van der Waals surface area contributed by atoms with Gasteiger partial charge in [0.05, 0.1) is 5.69 Å². The average molecular weight is 247 g/mol. The second-order valence-corrected chi connectivity index (χ2v) is 4.71. The van der Waals surface area contributed by atoms with Crippen LogP contribution in [0.25, 0.3) is 5.69 Å². The Kier molecular flexibility index (Phi) is 2.48. The monoisotopic (exact) mass is 246 g/mol. The highest BCUT2D eigenvalue weighted by Gasteiger charge is 2.28. The Bertz CT molecular complexity index is 555. The lowest BCUT2D eigenvalue weighted by molar-refractivity contribution is 0.111. The number of carbonyl (C=O) groups is 1. The number of aldehydes is 1. The summed E-state index contributed by atoms with van der Waals surface area (Å²) in [5.41, 5.74) is 2.56. The van der Waals surface area contributed by atoms with Gasteiger partial charge >= 0.3 is 0 Å². The van der Waals surface area contributed by atoms with Gasteiger partial charge in [-0.15, -0.1) is 0 Å². The molecule has 17 heavy (non-hydrogen) atoms. The maximum absolute atomic E-state index is 10.8. The van der Waals surface area contributed by atoms with Crippen molar-refractivity contribution < 1.29 is 4.79 Å². The predicted octanol–water partition coefficient (Wildman–Crippen LogP) is 3.22. The molecule has 0 saturated heterocycles. The van der Waals surface area contributed by atoms with E-state index >= 15 is 0 Å². The first-order valence-electron chi connectivity index (χ1n) is 5.59. The van der Waals surface area contributed by atoms with Crippen LogP contribution in [0.2, 0.25) is 5.02 Å². The van der Waals surface area contributed by atoms with Crippen LogP contribution in [0.15, 0.2) is 30.3 Å². The fourth-order valence-corrected chi connectivity index (χ4v) is 2.06. The number of hydrogen-bond acceptors (Lipinski definition) is 2. The SMILES string of the molecule is O=Cc1cc(C2CC2)n(-c2ccc(Cl)cc2)n1. The summed E-state index contributed by atoms with van der Waals surface area (Å²) in [4.78, 5) is 10.8. The fraction of sp³-hybridized carbons (Fsp3) is 0.231. The molecular formula is C13H11ClN2O. The molecule has 3 nitrogen and oxygen atoms in total. The number of hydrogen-bond donors (Lipinski definition) is 0. The maximum atomic E-state index is 10.8.